The molecule has 2 atom stereocenters. The van der Waals surface area contributed by atoms with Crippen molar-refractivity contribution < 1.29 is 4.74 Å². The zero-order valence-corrected chi connectivity index (χ0v) is 11.8. The molecule has 0 spiro atoms. The number of aromatic nitrogens is 1. The van der Waals surface area contributed by atoms with E-state index in [4.69, 9.17) is 22.7 Å². The van der Waals surface area contributed by atoms with Crippen LogP contribution in [0.2, 0.25) is 0 Å². The second-order valence-corrected chi connectivity index (χ2v) is 5.56. The maximum absolute atomic E-state index is 6.01. The van der Waals surface area contributed by atoms with Crippen molar-refractivity contribution in [3.63, 3.8) is 0 Å². The second-order valence-electron chi connectivity index (χ2n) is 5.12. The largest absolute Gasteiger partial charge is 0.474 e. The molecule has 3 nitrogen and oxygen atoms in total. The lowest BCUT2D eigenvalue weighted by Gasteiger charge is -2.29. The molecular weight excluding hydrogens is 244 g/mol. The molecule has 1 fully saturated rings. The first-order valence-electron chi connectivity index (χ1n) is 6.51. The zero-order valence-electron chi connectivity index (χ0n) is 11.0. The molecule has 2 rings (SSSR count). The van der Waals surface area contributed by atoms with E-state index in [-0.39, 0.29) is 6.10 Å². The maximum Gasteiger partial charge on any atom is 0.214 e. The standard InChI is InChI=1S/C14H20N2OS/c1-9-5-3-4-6-12(9)17-13-8-11(14(15)18)7-10(2)16-13/h7-9,12H,3-6H2,1-2H3,(H2,15,18). The molecule has 2 N–H and O–H groups in total. The average Bonchev–Trinajstić information content (AvgIpc) is 2.31. The van der Waals surface area contributed by atoms with E-state index in [1.165, 1.54) is 19.3 Å². The molecule has 2 unspecified atom stereocenters. The molecule has 0 aliphatic heterocycles. The van der Waals surface area contributed by atoms with Crippen LogP contribution in [0.15, 0.2) is 12.1 Å². The third kappa shape index (κ3) is 3.19. The van der Waals surface area contributed by atoms with Gasteiger partial charge in [-0.05, 0) is 38.2 Å². The van der Waals surface area contributed by atoms with Crippen molar-refractivity contribution >= 4 is 17.2 Å². The zero-order chi connectivity index (χ0) is 13.1. The van der Waals surface area contributed by atoms with Gasteiger partial charge >= 0.3 is 0 Å². The molecule has 1 aliphatic rings. The number of ether oxygens (including phenoxy) is 1. The van der Waals surface area contributed by atoms with Gasteiger partial charge in [-0.25, -0.2) is 4.98 Å². The Kier molecular flexibility index (Phi) is 4.17. The first kappa shape index (κ1) is 13.3. The van der Waals surface area contributed by atoms with Gasteiger partial charge in [0.2, 0.25) is 5.88 Å². The Labute approximate surface area is 114 Å². The molecule has 1 aliphatic carbocycles. The van der Waals surface area contributed by atoms with Crippen LogP contribution >= 0.6 is 12.2 Å². The molecule has 1 aromatic heterocycles. The normalized spacial score (nSPS) is 23.7. The lowest BCUT2D eigenvalue weighted by molar-refractivity contribution is 0.0974. The number of rotatable bonds is 3. The van der Waals surface area contributed by atoms with Crippen LogP contribution < -0.4 is 10.5 Å². The highest BCUT2D eigenvalue weighted by Gasteiger charge is 2.23. The van der Waals surface area contributed by atoms with Crippen molar-refractivity contribution in [2.24, 2.45) is 11.7 Å². The van der Waals surface area contributed by atoms with E-state index in [1.807, 2.05) is 19.1 Å². The van der Waals surface area contributed by atoms with Crippen molar-refractivity contribution in [3.8, 4) is 5.88 Å². The first-order chi connectivity index (χ1) is 8.56. The van der Waals surface area contributed by atoms with Gasteiger partial charge < -0.3 is 10.5 Å². The molecule has 0 amide bonds. The van der Waals surface area contributed by atoms with E-state index < -0.39 is 0 Å². The Balaban J connectivity index is 2.15. The monoisotopic (exact) mass is 264 g/mol. The quantitative estimate of drug-likeness (QED) is 0.853. The molecule has 0 aromatic carbocycles. The van der Waals surface area contributed by atoms with E-state index in [9.17, 15) is 0 Å². The summed E-state index contributed by atoms with van der Waals surface area (Å²) in [6.07, 6.45) is 5.16. The van der Waals surface area contributed by atoms with Crippen LogP contribution in [-0.2, 0) is 0 Å². The Morgan fingerprint density at radius 2 is 2.11 bits per heavy atom. The van der Waals surface area contributed by atoms with Gasteiger partial charge in [0.05, 0.1) is 0 Å². The molecule has 98 valence electrons. The van der Waals surface area contributed by atoms with Crippen molar-refractivity contribution in [2.75, 3.05) is 0 Å². The number of aryl methyl sites for hydroxylation is 1. The number of nitrogens with zero attached hydrogens (tertiary/aromatic N) is 1. The predicted molar refractivity (Wildman–Crippen MR) is 76.9 cm³/mol. The smallest absolute Gasteiger partial charge is 0.214 e. The summed E-state index contributed by atoms with van der Waals surface area (Å²) >= 11 is 5.00. The molecular formula is C14H20N2OS. The molecule has 0 saturated heterocycles. The molecule has 4 heteroatoms. The summed E-state index contributed by atoms with van der Waals surface area (Å²) in [5, 5.41) is 0. The van der Waals surface area contributed by atoms with Crippen LogP contribution in [0.25, 0.3) is 0 Å². The van der Waals surface area contributed by atoms with Crippen molar-refractivity contribution in [1.82, 2.24) is 4.98 Å². The number of thiocarbonyl (C=S) groups is 1. The Hall–Kier alpha value is -1.16. The topological polar surface area (TPSA) is 48.1 Å². The summed E-state index contributed by atoms with van der Waals surface area (Å²) in [4.78, 5) is 4.80. The molecule has 1 heterocycles. The fourth-order valence-electron chi connectivity index (χ4n) is 2.45. The maximum atomic E-state index is 6.01. The minimum absolute atomic E-state index is 0.271. The fraction of sp³-hybridized carbons (Fsp3) is 0.571. The average molecular weight is 264 g/mol. The minimum atomic E-state index is 0.271. The lowest BCUT2D eigenvalue weighted by atomic mass is 9.88. The van der Waals surface area contributed by atoms with Crippen LogP contribution in [0.4, 0.5) is 0 Å². The van der Waals surface area contributed by atoms with Gasteiger partial charge in [0, 0.05) is 17.3 Å². The summed E-state index contributed by atoms with van der Waals surface area (Å²) in [7, 11) is 0. The van der Waals surface area contributed by atoms with E-state index in [1.54, 1.807) is 0 Å². The second kappa shape index (κ2) is 5.65. The van der Waals surface area contributed by atoms with Gasteiger partial charge in [-0.15, -0.1) is 0 Å². The van der Waals surface area contributed by atoms with Gasteiger partial charge in [0.25, 0.3) is 0 Å². The summed E-state index contributed by atoms with van der Waals surface area (Å²) < 4.78 is 6.01. The summed E-state index contributed by atoms with van der Waals surface area (Å²) in [5.41, 5.74) is 7.38. The molecule has 1 aromatic rings. The number of pyridine rings is 1. The Bertz CT molecular complexity index is 447. The third-order valence-corrected chi connectivity index (χ3v) is 3.76. The van der Waals surface area contributed by atoms with E-state index in [0.717, 1.165) is 17.7 Å². The van der Waals surface area contributed by atoms with Crippen molar-refractivity contribution in [1.29, 1.82) is 0 Å². The molecule has 0 bridgehead atoms. The Morgan fingerprint density at radius 3 is 2.78 bits per heavy atom. The SMILES string of the molecule is Cc1cc(C(N)=S)cc(OC2CCCCC2C)n1. The third-order valence-electron chi connectivity index (χ3n) is 3.52. The summed E-state index contributed by atoms with van der Waals surface area (Å²) in [5.74, 6) is 1.24. The first-order valence-corrected chi connectivity index (χ1v) is 6.92. The van der Waals surface area contributed by atoms with E-state index in [2.05, 4.69) is 11.9 Å². The highest BCUT2D eigenvalue weighted by atomic mass is 32.1. The highest BCUT2D eigenvalue weighted by Crippen LogP contribution is 2.27. The highest BCUT2D eigenvalue weighted by molar-refractivity contribution is 7.80. The van der Waals surface area contributed by atoms with Crippen LogP contribution in [0.5, 0.6) is 5.88 Å². The van der Waals surface area contributed by atoms with Gasteiger partial charge in [-0.1, -0.05) is 25.6 Å². The van der Waals surface area contributed by atoms with Crippen molar-refractivity contribution in [2.45, 2.75) is 45.6 Å². The van der Waals surface area contributed by atoms with E-state index in [0.29, 0.717) is 16.8 Å². The Morgan fingerprint density at radius 1 is 1.39 bits per heavy atom. The predicted octanol–water partition coefficient (Wildman–Crippen LogP) is 2.98. The van der Waals surface area contributed by atoms with Crippen LogP contribution in [0.1, 0.15) is 43.9 Å². The number of nitrogens with two attached hydrogens (primary N) is 1. The minimum Gasteiger partial charge on any atom is -0.474 e. The molecule has 1 saturated carbocycles. The summed E-state index contributed by atoms with van der Waals surface area (Å²) in [6, 6.07) is 3.73. The van der Waals surface area contributed by atoms with Crippen LogP contribution in [0, 0.1) is 12.8 Å². The molecule has 0 radical (unpaired) electrons. The summed E-state index contributed by atoms with van der Waals surface area (Å²) in [6.45, 7) is 4.17. The number of hydrogen-bond acceptors (Lipinski definition) is 3. The van der Waals surface area contributed by atoms with Gasteiger partial charge in [-0.2, -0.15) is 0 Å². The fourth-order valence-corrected chi connectivity index (χ4v) is 2.57. The van der Waals surface area contributed by atoms with Gasteiger partial charge in [-0.3, -0.25) is 0 Å². The lowest BCUT2D eigenvalue weighted by Crippen LogP contribution is -2.28. The van der Waals surface area contributed by atoms with Crippen LogP contribution in [-0.4, -0.2) is 16.1 Å². The van der Waals surface area contributed by atoms with Crippen LogP contribution in [0.3, 0.4) is 0 Å². The van der Waals surface area contributed by atoms with E-state index >= 15 is 0 Å². The van der Waals surface area contributed by atoms with Gasteiger partial charge in [0.15, 0.2) is 0 Å². The van der Waals surface area contributed by atoms with Gasteiger partial charge in [0.1, 0.15) is 11.1 Å². The molecule has 18 heavy (non-hydrogen) atoms. The number of hydrogen-bond donors (Lipinski definition) is 1. The van der Waals surface area contributed by atoms with Crippen molar-refractivity contribution in [3.05, 3.63) is 23.4 Å².